The highest BCUT2D eigenvalue weighted by atomic mass is 16.5. The molecule has 2 rings (SSSR count). The van der Waals surface area contributed by atoms with Crippen LogP contribution in [0.15, 0.2) is 24.3 Å². The van der Waals surface area contributed by atoms with Gasteiger partial charge in [0.25, 0.3) is 0 Å². The summed E-state index contributed by atoms with van der Waals surface area (Å²) in [6.45, 7) is 2.07. The summed E-state index contributed by atoms with van der Waals surface area (Å²) >= 11 is 0. The quantitative estimate of drug-likeness (QED) is 0.867. The van der Waals surface area contributed by atoms with Gasteiger partial charge in [-0.25, -0.2) is 0 Å². The summed E-state index contributed by atoms with van der Waals surface area (Å²) in [7, 11) is 1.70. The molecule has 1 aliphatic rings. The molecule has 4 heteroatoms. The summed E-state index contributed by atoms with van der Waals surface area (Å²) in [5, 5.41) is 9.02. The van der Waals surface area contributed by atoms with Crippen molar-refractivity contribution >= 4 is 11.7 Å². The lowest BCUT2D eigenvalue weighted by atomic mass is 9.87. The number of carboxylic acid groups (broad SMARTS) is 1. The van der Waals surface area contributed by atoms with Gasteiger partial charge in [0.1, 0.15) is 6.54 Å². The van der Waals surface area contributed by atoms with Crippen LogP contribution in [0.4, 0.5) is 5.69 Å². The molecule has 1 aliphatic carbocycles. The van der Waals surface area contributed by atoms with Crippen LogP contribution in [-0.4, -0.2) is 36.9 Å². The maximum atomic E-state index is 11.0. The van der Waals surface area contributed by atoms with Gasteiger partial charge in [-0.2, -0.15) is 0 Å². The highest BCUT2D eigenvalue weighted by Crippen LogP contribution is 2.31. The molecule has 98 valence electrons. The van der Waals surface area contributed by atoms with Gasteiger partial charge < -0.3 is 14.7 Å². The van der Waals surface area contributed by atoms with E-state index in [0.717, 1.165) is 18.5 Å². The predicted octanol–water partition coefficient (Wildman–Crippen LogP) is 2.06. The third kappa shape index (κ3) is 2.82. The number of hydrogen-bond donors (Lipinski definition) is 1. The van der Waals surface area contributed by atoms with Crippen LogP contribution in [0, 0.1) is 6.92 Å². The molecule has 0 heterocycles. The van der Waals surface area contributed by atoms with Crippen molar-refractivity contribution in [3.05, 3.63) is 29.8 Å². The zero-order valence-electron chi connectivity index (χ0n) is 10.8. The molecule has 0 aromatic heterocycles. The molecule has 0 bridgehead atoms. The van der Waals surface area contributed by atoms with Gasteiger partial charge in [-0.05, 0) is 31.9 Å². The highest BCUT2D eigenvalue weighted by molar-refractivity contribution is 5.74. The molecule has 0 atom stereocenters. The van der Waals surface area contributed by atoms with Crippen molar-refractivity contribution in [2.24, 2.45) is 0 Å². The second-order valence-electron chi connectivity index (χ2n) is 4.84. The maximum Gasteiger partial charge on any atom is 0.323 e. The van der Waals surface area contributed by atoms with E-state index in [-0.39, 0.29) is 18.7 Å². The van der Waals surface area contributed by atoms with Gasteiger partial charge in [0.2, 0.25) is 0 Å². The van der Waals surface area contributed by atoms with Crippen LogP contribution in [-0.2, 0) is 9.53 Å². The van der Waals surface area contributed by atoms with Gasteiger partial charge in [0.15, 0.2) is 0 Å². The Morgan fingerprint density at radius 3 is 2.50 bits per heavy atom. The smallest absolute Gasteiger partial charge is 0.323 e. The Bertz CT molecular complexity index is 410. The zero-order valence-corrected chi connectivity index (χ0v) is 10.8. The molecule has 1 aromatic rings. The van der Waals surface area contributed by atoms with Gasteiger partial charge >= 0.3 is 5.97 Å². The summed E-state index contributed by atoms with van der Waals surface area (Å²) in [4.78, 5) is 12.9. The van der Waals surface area contributed by atoms with Crippen molar-refractivity contribution in [1.82, 2.24) is 0 Å². The molecule has 4 nitrogen and oxygen atoms in total. The van der Waals surface area contributed by atoms with Crippen LogP contribution in [0.2, 0.25) is 0 Å². The Labute approximate surface area is 107 Å². The maximum absolute atomic E-state index is 11.0. The standard InChI is InChI=1S/C14H19NO3/c1-10-3-5-11(6-4-10)15(9-14(16)17)12-7-13(8-12)18-2/h3-6,12-13H,7-9H2,1-2H3,(H,16,17). The molecule has 1 aromatic carbocycles. The van der Waals surface area contributed by atoms with Crippen LogP contribution >= 0.6 is 0 Å². The molecule has 1 saturated carbocycles. The van der Waals surface area contributed by atoms with E-state index in [2.05, 4.69) is 0 Å². The fourth-order valence-corrected chi connectivity index (χ4v) is 2.30. The summed E-state index contributed by atoms with van der Waals surface area (Å²) < 4.78 is 5.25. The third-order valence-electron chi connectivity index (χ3n) is 3.52. The third-order valence-corrected chi connectivity index (χ3v) is 3.52. The molecule has 0 saturated heterocycles. The summed E-state index contributed by atoms with van der Waals surface area (Å²) in [5.41, 5.74) is 2.15. The number of methoxy groups -OCH3 is 1. The van der Waals surface area contributed by atoms with E-state index in [1.807, 2.05) is 36.1 Å². The molecular formula is C14H19NO3. The lowest BCUT2D eigenvalue weighted by Crippen LogP contribution is -2.49. The molecule has 0 aliphatic heterocycles. The number of anilines is 1. The Kier molecular flexibility index (Phi) is 3.87. The first kappa shape index (κ1) is 12.9. The number of benzene rings is 1. The Balaban J connectivity index is 2.10. The van der Waals surface area contributed by atoms with Gasteiger partial charge in [-0.15, -0.1) is 0 Å². The number of aliphatic carboxylic acids is 1. The number of aryl methyl sites for hydroxylation is 1. The normalized spacial score (nSPS) is 22.3. The average molecular weight is 249 g/mol. The first-order valence-corrected chi connectivity index (χ1v) is 6.18. The lowest BCUT2D eigenvalue weighted by Gasteiger charge is -2.42. The largest absolute Gasteiger partial charge is 0.480 e. The van der Waals surface area contributed by atoms with E-state index >= 15 is 0 Å². The van der Waals surface area contributed by atoms with Gasteiger partial charge in [-0.3, -0.25) is 4.79 Å². The molecule has 0 radical (unpaired) electrons. The van der Waals surface area contributed by atoms with E-state index in [9.17, 15) is 4.79 Å². The van der Waals surface area contributed by atoms with Crippen LogP contribution in [0.1, 0.15) is 18.4 Å². The van der Waals surface area contributed by atoms with Crippen molar-refractivity contribution in [2.75, 3.05) is 18.6 Å². The topological polar surface area (TPSA) is 49.8 Å². The van der Waals surface area contributed by atoms with E-state index in [1.165, 1.54) is 5.56 Å². The van der Waals surface area contributed by atoms with Gasteiger partial charge in [0, 0.05) is 18.8 Å². The monoisotopic (exact) mass is 249 g/mol. The molecule has 1 fully saturated rings. The number of nitrogens with zero attached hydrogens (tertiary/aromatic N) is 1. The molecule has 0 unspecified atom stereocenters. The fraction of sp³-hybridized carbons (Fsp3) is 0.500. The van der Waals surface area contributed by atoms with Crippen molar-refractivity contribution in [3.8, 4) is 0 Å². The number of rotatable bonds is 5. The molecule has 0 amide bonds. The van der Waals surface area contributed by atoms with Crippen molar-refractivity contribution in [2.45, 2.75) is 31.9 Å². The van der Waals surface area contributed by atoms with E-state index < -0.39 is 5.97 Å². The van der Waals surface area contributed by atoms with E-state index in [0.29, 0.717) is 0 Å². The van der Waals surface area contributed by atoms with E-state index in [4.69, 9.17) is 9.84 Å². The Morgan fingerprint density at radius 1 is 1.39 bits per heavy atom. The molecular weight excluding hydrogens is 230 g/mol. The van der Waals surface area contributed by atoms with Crippen molar-refractivity contribution < 1.29 is 14.6 Å². The molecule has 0 spiro atoms. The van der Waals surface area contributed by atoms with Crippen LogP contribution in [0.5, 0.6) is 0 Å². The number of hydrogen-bond acceptors (Lipinski definition) is 3. The number of ether oxygens (including phenoxy) is 1. The summed E-state index contributed by atoms with van der Waals surface area (Å²) in [5.74, 6) is -0.795. The second kappa shape index (κ2) is 5.40. The minimum Gasteiger partial charge on any atom is -0.480 e. The highest BCUT2D eigenvalue weighted by Gasteiger charge is 2.34. The van der Waals surface area contributed by atoms with Crippen molar-refractivity contribution in [1.29, 1.82) is 0 Å². The average Bonchev–Trinajstić information content (AvgIpc) is 2.27. The first-order valence-electron chi connectivity index (χ1n) is 6.18. The van der Waals surface area contributed by atoms with E-state index in [1.54, 1.807) is 7.11 Å². The second-order valence-corrected chi connectivity index (χ2v) is 4.84. The minimum absolute atomic E-state index is 0.0458. The molecule has 1 N–H and O–H groups in total. The van der Waals surface area contributed by atoms with Crippen LogP contribution in [0.3, 0.4) is 0 Å². The van der Waals surface area contributed by atoms with Crippen molar-refractivity contribution in [3.63, 3.8) is 0 Å². The van der Waals surface area contributed by atoms with Crippen LogP contribution in [0.25, 0.3) is 0 Å². The van der Waals surface area contributed by atoms with Gasteiger partial charge in [0.05, 0.1) is 6.10 Å². The molecule has 18 heavy (non-hydrogen) atoms. The Hall–Kier alpha value is -1.55. The minimum atomic E-state index is -0.795. The SMILES string of the molecule is COC1CC(N(CC(=O)O)c2ccc(C)cc2)C1. The fourth-order valence-electron chi connectivity index (χ4n) is 2.30. The Morgan fingerprint density at radius 2 is 2.00 bits per heavy atom. The van der Waals surface area contributed by atoms with Gasteiger partial charge in [-0.1, -0.05) is 17.7 Å². The predicted molar refractivity (Wildman–Crippen MR) is 70.0 cm³/mol. The lowest BCUT2D eigenvalue weighted by molar-refractivity contribution is -0.135. The summed E-state index contributed by atoms with van der Waals surface area (Å²) in [6.07, 6.45) is 2.08. The first-order chi connectivity index (χ1) is 8.60. The number of carbonyl (C=O) groups is 1. The zero-order chi connectivity index (χ0) is 13.1. The number of carboxylic acids is 1. The van der Waals surface area contributed by atoms with Crippen LogP contribution < -0.4 is 4.90 Å². The summed E-state index contributed by atoms with van der Waals surface area (Å²) in [6, 6.07) is 8.26.